The minimum atomic E-state index is -0.802. The van der Waals surface area contributed by atoms with Gasteiger partial charge in [-0.1, -0.05) is 36.2 Å². The quantitative estimate of drug-likeness (QED) is 0.793. The van der Waals surface area contributed by atoms with E-state index in [2.05, 4.69) is 0 Å². The third-order valence-electron chi connectivity index (χ3n) is 3.96. The first-order valence-electron chi connectivity index (χ1n) is 6.56. The van der Waals surface area contributed by atoms with Crippen LogP contribution in [0.15, 0.2) is 30.0 Å². The fourth-order valence-corrected chi connectivity index (χ4v) is 3.19. The standard InChI is InChI=1S/C15H15ClO3/c16-11-7-3-2-6-10(11)12-13(17)15(19-14(12)18)8-4-1-5-9-15/h2-3,6-7,17H,1,4-5,8-9H2. The van der Waals surface area contributed by atoms with Crippen molar-refractivity contribution in [2.24, 2.45) is 0 Å². The van der Waals surface area contributed by atoms with Crippen molar-refractivity contribution in [3.05, 3.63) is 40.6 Å². The molecule has 0 saturated heterocycles. The van der Waals surface area contributed by atoms with Crippen molar-refractivity contribution < 1.29 is 14.6 Å². The summed E-state index contributed by atoms with van der Waals surface area (Å²) in [6.07, 6.45) is 4.44. The smallest absolute Gasteiger partial charge is 0.343 e. The minimum absolute atomic E-state index is 0.0605. The normalized spacial score (nSPS) is 21.8. The number of rotatable bonds is 1. The molecule has 2 aliphatic rings. The van der Waals surface area contributed by atoms with Gasteiger partial charge in [0.25, 0.3) is 0 Å². The van der Waals surface area contributed by atoms with E-state index in [0.29, 0.717) is 23.4 Å². The summed E-state index contributed by atoms with van der Waals surface area (Å²) in [7, 11) is 0. The molecule has 1 spiro atoms. The van der Waals surface area contributed by atoms with Crippen LogP contribution in [0.4, 0.5) is 0 Å². The first-order valence-corrected chi connectivity index (χ1v) is 6.94. The Morgan fingerprint density at radius 1 is 1.16 bits per heavy atom. The number of benzene rings is 1. The Kier molecular flexibility index (Phi) is 3.02. The van der Waals surface area contributed by atoms with Crippen LogP contribution in [0.2, 0.25) is 5.02 Å². The van der Waals surface area contributed by atoms with Crippen molar-refractivity contribution >= 4 is 23.1 Å². The van der Waals surface area contributed by atoms with Gasteiger partial charge in [-0.05, 0) is 31.7 Å². The average Bonchev–Trinajstić information content (AvgIpc) is 2.63. The lowest BCUT2D eigenvalue weighted by Crippen LogP contribution is -2.34. The number of aliphatic hydroxyl groups excluding tert-OH is 1. The predicted octanol–water partition coefficient (Wildman–Crippen LogP) is 3.87. The third kappa shape index (κ3) is 1.93. The van der Waals surface area contributed by atoms with Gasteiger partial charge in [-0.3, -0.25) is 0 Å². The maximum absolute atomic E-state index is 12.1. The average molecular weight is 279 g/mol. The Labute approximate surface area is 116 Å². The van der Waals surface area contributed by atoms with E-state index < -0.39 is 11.6 Å². The Balaban J connectivity index is 2.09. The zero-order valence-electron chi connectivity index (χ0n) is 10.5. The Morgan fingerprint density at radius 2 is 1.84 bits per heavy atom. The number of halogens is 1. The van der Waals surface area contributed by atoms with Crippen molar-refractivity contribution in [1.29, 1.82) is 0 Å². The molecule has 0 aromatic heterocycles. The largest absolute Gasteiger partial charge is 0.507 e. The highest BCUT2D eigenvalue weighted by molar-refractivity contribution is 6.35. The van der Waals surface area contributed by atoms with Gasteiger partial charge in [-0.25, -0.2) is 4.79 Å². The SMILES string of the molecule is O=C1OC2(CCCCC2)C(O)=C1c1ccccc1Cl. The summed E-state index contributed by atoms with van der Waals surface area (Å²) in [6, 6.07) is 7.02. The van der Waals surface area contributed by atoms with Gasteiger partial charge in [-0.15, -0.1) is 0 Å². The number of carbonyl (C=O) groups is 1. The van der Waals surface area contributed by atoms with Crippen LogP contribution in [0.3, 0.4) is 0 Å². The van der Waals surface area contributed by atoms with E-state index >= 15 is 0 Å². The molecule has 0 atom stereocenters. The second-order valence-corrected chi connectivity index (χ2v) is 5.56. The van der Waals surface area contributed by atoms with Gasteiger partial charge in [0.15, 0.2) is 11.4 Å². The molecular weight excluding hydrogens is 264 g/mol. The van der Waals surface area contributed by atoms with Crippen LogP contribution in [-0.4, -0.2) is 16.7 Å². The Bertz CT molecular complexity index is 556. The number of hydrogen-bond donors (Lipinski definition) is 1. The fourth-order valence-electron chi connectivity index (χ4n) is 2.96. The molecule has 0 amide bonds. The number of hydrogen-bond acceptors (Lipinski definition) is 3. The molecule has 0 radical (unpaired) electrons. The summed E-state index contributed by atoms with van der Waals surface area (Å²) in [5.41, 5.74) is -0.0225. The molecule has 4 heteroatoms. The molecule has 1 heterocycles. The van der Waals surface area contributed by atoms with Gasteiger partial charge in [0.2, 0.25) is 0 Å². The molecule has 1 aromatic carbocycles. The summed E-state index contributed by atoms with van der Waals surface area (Å²) in [6.45, 7) is 0. The molecule has 0 unspecified atom stereocenters. The lowest BCUT2D eigenvalue weighted by molar-refractivity contribution is -0.149. The van der Waals surface area contributed by atoms with E-state index in [9.17, 15) is 9.90 Å². The van der Waals surface area contributed by atoms with Gasteiger partial charge in [0.1, 0.15) is 5.57 Å². The van der Waals surface area contributed by atoms with E-state index in [4.69, 9.17) is 16.3 Å². The molecule has 1 fully saturated rings. The topological polar surface area (TPSA) is 46.5 Å². The van der Waals surface area contributed by atoms with Gasteiger partial charge < -0.3 is 9.84 Å². The summed E-state index contributed by atoms with van der Waals surface area (Å²) in [4.78, 5) is 12.1. The lowest BCUT2D eigenvalue weighted by Gasteiger charge is -2.31. The molecule has 100 valence electrons. The number of esters is 1. The van der Waals surface area contributed by atoms with Gasteiger partial charge in [0, 0.05) is 10.6 Å². The molecule has 19 heavy (non-hydrogen) atoms. The van der Waals surface area contributed by atoms with Crippen LogP contribution in [0.1, 0.15) is 37.7 Å². The van der Waals surface area contributed by atoms with Crippen LogP contribution >= 0.6 is 11.6 Å². The Hall–Kier alpha value is -1.48. The van der Waals surface area contributed by atoms with Crippen LogP contribution in [0.25, 0.3) is 5.57 Å². The van der Waals surface area contributed by atoms with Crippen molar-refractivity contribution in [2.75, 3.05) is 0 Å². The highest BCUT2D eigenvalue weighted by atomic mass is 35.5. The molecule has 3 rings (SSSR count). The zero-order valence-corrected chi connectivity index (χ0v) is 11.2. The molecule has 1 aliphatic heterocycles. The van der Waals surface area contributed by atoms with Crippen LogP contribution < -0.4 is 0 Å². The summed E-state index contributed by atoms with van der Waals surface area (Å²) in [5, 5.41) is 10.9. The van der Waals surface area contributed by atoms with Gasteiger partial charge in [0.05, 0.1) is 0 Å². The number of ether oxygens (including phenoxy) is 1. The maximum Gasteiger partial charge on any atom is 0.343 e. The highest BCUT2D eigenvalue weighted by Gasteiger charge is 2.49. The van der Waals surface area contributed by atoms with Gasteiger partial charge >= 0.3 is 5.97 Å². The Morgan fingerprint density at radius 3 is 2.53 bits per heavy atom. The van der Waals surface area contributed by atoms with Crippen LogP contribution in [0, 0.1) is 0 Å². The summed E-state index contributed by atoms with van der Waals surface area (Å²) >= 11 is 6.11. The fraction of sp³-hybridized carbons (Fsp3) is 0.400. The molecule has 1 N–H and O–H groups in total. The molecule has 1 saturated carbocycles. The zero-order chi connectivity index (χ0) is 13.5. The monoisotopic (exact) mass is 278 g/mol. The van der Waals surface area contributed by atoms with Gasteiger partial charge in [-0.2, -0.15) is 0 Å². The number of carbonyl (C=O) groups excluding carboxylic acids is 1. The maximum atomic E-state index is 12.1. The second kappa shape index (κ2) is 4.57. The minimum Gasteiger partial charge on any atom is -0.507 e. The molecular formula is C15H15ClO3. The van der Waals surface area contributed by atoms with E-state index in [1.54, 1.807) is 24.3 Å². The first-order chi connectivity index (χ1) is 9.14. The summed E-state index contributed by atoms with van der Waals surface area (Å²) < 4.78 is 5.50. The molecule has 1 aromatic rings. The lowest BCUT2D eigenvalue weighted by atomic mass is 9.82. The first kappa shape index (κ1) is 12.5. The van der Waals surface area contributed by atoms with Crippen molar-refractivity contribution in [2.45, 2.75) is 37.7 Å². The number of aliphatic hydroxyl groups is 1. The van der Waals surface area contributed by atoms with Crippen LogP contribution in [-0.2, 0) is 9.53 Å². The van der Waals surface area contributed by atoms with Crippen molar-refractivity contribution in [1.82, 2.24) is 0 Å². The van der Waals surface area contributed by atoms with E-state index in [0.717, 1.165) is 19.3 Å². The third-order valence-corrected chi connectivity index (χ3v) is 4.29. The van der Waals surface area contributed by atoms with E-state index in [1.165, 1.54) is 0 Å². The van der Waals surface area contributed by atoms with Crippen molar-refractivity contribution in [3.63, 3.8) is 0 Å². The predicted molar refractivity (Wildman–Crippen MR) is 72.9 cm³/mol. The van der Waals surface area contributed by atoms with E-state index in [1.807, 2.05) is 0 Å². The highest BCUT2D eigenvalue weighted by Crippen LogP contribution is 2.46. The second-order valence-electron chi connectivity index (χ2n) is 5.15. The molecule has 0 bridgehead atoms. The van der Waals surface area contributed by atoms with E-state index in [-0.39, 0.29) is 11.3 Å². The molecule has 3 nitrogen and oxygen atoms in total. The van der Waals surface area contributed by atoms with Crippen LogP contribution in [0.5, 0.6) is 0 Å². The summed E-state index contributed by atoms with van der Waals surface area (Å²) in [5.74, 6) is -0.405. The molecule has 1 aliphatic carbocycles. The van der Waals surface area contributed by atoms with Crippen molar-refractivity contribution in [3.8, 4) is 0 Å².